The molecular formula is C17H13N5O2. The zero-order chi connectivity index (χ0) is 16.5. The van der Waals surface area contributed by atoms with Gasteiger partial charge in [-0.25, -0.2) is 9.66 Å². The number of fused-ring (bicyclic) bond motifs is 1. The van der Waals surface area contributed by atoms with Crippen molar-refractivity contribution in [3.63, 3.8) is 0 Å². The van der Waals surface area contributed by atoms with Crippen molar-refractivity contribution in [1.29, 1.82) is 0 Å². The number of nitrogens with zero attached hydrogens (tertiary/aromatic N) is 4. The van der Waals surface area contributed by atoms with E-state index in [2.05, 4.69) is 20.6 Å². The molecule has 3 heterocycles. The third-order valence-electron chi connectivity index (χ3n) is 3.60. The predicted molar refractivity (Wildman–Crippen MR) is 87.9 cm³/mol. The lowest BCUT2D eigenvalue weighted by Gasteiger charge is -2.09. The summed E-state index contributed by atoms with van der Waals surface area (Å²) in [6.07, 6.45) is 2.83. The van der Waals surface area contributed by atoms with E-state index in [1.165, 1.54) is 17.3 Å². The summed E-state index contributed by atoms with van der Waals surface area (Å²) < 4.78 is 7.04. The summed E-state index contributed by atoms with van der Waals surface area (Å²) in [5.74, 6) is 1.13. The zero-order valence-electron chi connectivity index (χ0n) is 12.8. The number of carbonyl (C=O) groups excluding carboxylic acids is 1. The molecule has 4 rings (SSSR count). The van der Waals surface area contributed by atoms with E-state index in [9.17, 15) is 4.79 Å². The van der Waals surface area contributed by atoms with Crippen LogP contribution in [0.5, 0.6) is 0 Å². The van der Waals surface area contributed by atoms with Gasteiger partial charge in [0.15, 0.2) is 5.76 Å². The molecule has 0 aliphatic rings. The van der Waals surface area contributed by atoms with Crippen LogP contribution in [0.25, 0.3) is 22.4 Å². The van der Waals surface area contributed by atoms with Crippen LogP contribution in [0.1, 0.15) is 16.1 Å². The monoisotopic (exact) mass is 319 g/mol. The van der Waals surface area contributed by atoms with E-state index in [-0.39, 0.29) is 5.91 Å². The summed E-state index contributed by atoms with van der Waals surface area (Å²) in [6, 6.07) is 12.9. The van der Waals surface area contributed by atoms with E-state index in [0.717, 1.165) is 16.7 Å². The van der Waals surface area contributed by atoms with E-state index >= 15 is 0 Å². The smallest absolute Gasteiger partial charge is 0.270 e. The standard InChI is InChI=1S/C17H13N5O2/c1-11-6-7-16(24-11)15-8-13(12-4-2-3-5-14(12)20-15)17(23)21-22-9-18-19-10-22/h2-10H,1H3,(H,21,23). The lowest BCUT2D eigenvalue weighted by molar-refractivity contribution is 0.101. The molecule has 7 nitrogen and oxygen atoms in total. The highest BCUT2D eigenvalue weighted by atomic mass is 16.3. The van der Waals surface area contributed by atoms with E-state index in [0.29, 0.717) is 17.0 Å². The third kappa shape index (κ3) is 2.52. The fourth-order valence-electron chi connectivity index (χ4n) is 2.50. The molecule has 1 amide bonds. The van der Waals surface area contributed by atoms with Crippen LogP contribution in [0.15, 0.2) is 59.5 Å². The minimum Gasteiger partial charge on any atom is -0.460 e. The predicted octanol–water partition coefficient (Wildman–Crippen LogP) is 2.78. The van der Waals surface area contributed by atoms with Crippen LogP contribution < -0.4 is 5.43 Å². The molecule has 0 bridgehead atoms. The molecule has 0 aliphatic heterocycles. The first-order valence-electron chi connectivity index (χ1n) is 7.33. The topological polar surface area (TPSA) is 85.8 Å². The second-order valence-corrected chi connectivity index (χ2v) is 5.29. The molecule has 3 aromatic heterocycles. The van der Waals surface area contributed by atoms with E-state index in [1.807, 2.05) is 43.3 Å². The Morgan fingerprint density at radius 2 is 1.92 bits per heavy atom. The number of furan rings is 1. The lowest BCUT2D eigenvalue weighted by atomic mass is 10.1. The molecule has 0 radical (unpaired) electrons. The number of nitrogens with one attached hydrogen (secondary N) is 1. The van der Waals surface area contributed by atoms with Gasteiger partial charge in [0.2, 0.25) is 0 Å². The maximum Gasteiger partial charge on any atom is 0.270 e. The van der Waals surface area contributed by atoms with Crippen molar-refractivity contribution < 1.29 is 9.21 Å². The van der Waals surface area contributed by atoms with Gasteiger partial charge in [0.25, 0.3) is 5.91 Å². The number of hydrogen-bond donors (Lipinski definition) is 1. The second kappa shape index (κ2) is 5.62. The van der Waals surface area contributed by atoms with Gasteiger partial charge < -0.3 is 4.42 Å². The van der Waals surface area contributed by atoms with Gasteiger partial charge in [-0.3, -0.25) is 10.2 Å². The quantitative estimate of drug-likeness (QED) is 0.627. The molecule has 1 N–H and O–H groups in total. The molecule has 7 heteroatoms. The number of carbonyl (C=O) groups is 1. The van der Waals surface area contributed by atoms with Gasteiger partial charge in [-0.2, -0.15) is 0 Å². The Bertz CT molecular complexity index is 1020. The second-order valence-electron chi connectivity index (χ2n) is 5.29. The average molecular weight is 319 g/mol. The fraction of sp³-hybridized carbons (Fsp3) is 0.0588. The summed E-state index contributed by atoms with van der Waals surface area (Å²) in [4.78, 5) is 17.3. The van der Waals surface area contributed by atoms with E-state index < -0.39 is 0 Å². The number of amides is 1. The van der Waals surface area contributed by atoms with Crippen molar-refractivity contribution in [2.24, 2.45) is 0 Å². The Hall–Kier alpha value is -3.48. The zero-order valence-corrected chi connectivity index (χ0v) is 12.8. The van der Waals surface area contributed by atoms with Gasteiger partial charge in [0.1, 0.15) is 24.1 Å². The first-order chi connectivity index (χ1) is 11.7. The number of benzene rings is 1. The van der Waals surface area contributed by atoms with Crippen LogP contribution in [0.3, 0.4) is 0 Å². The van der Waals surface area contributed by atoms with E-state index in [4.69, 9.17) is 4.42 Å². The highest BCUT2D eigenvalue weighted by molar-refractivity contribution is 6.10. The molecule has 0 spiro atoms. The molecule has 0 aliphatic carbocycles. The average Bonchev–Trinajstić information content (AvgIpc) is 3.25. The first-order valence-corrected chi connectivity index (χ1v) is 7.33. The summed E-state index contributed by atoms with van der Waals surface area (Å²) in [7, 11) is 0. The van der Waals surface area contributed by atoms with Gasteiger partial charge in [-0.05, 0) is 31.2 Å². The Morgan fingerprint density at radius 1 is 1.12 bits per heavy atom. The minimum atomic E-state index is -0.280. The largest absolute Gasteiger partial charge is 0.460 e. The molecule has 0 atom stereocenters. The third-order valence-corrected chi connectivity index (χ3v) is 3.60. The molecule has 0 unspecified atom stereocenters. The number of aryl methyl sites for hydroxylation is 1. The summed E-state index contributed by atoms with van der Waals surface area (Å²) in [5.41, 5.74) is 4.53. The molecule has 4 aromatic rings. The molecule has 24 heavy (non-hydrogen) atoms. The minimum absolute atomic E-state index is 0.280. The SMILES string of the molecule is Cc1ccc(-c2cc(C(=O)Nn3cnnc3)c3ccccc3n2)o1. The fourth-order valence-corrected chi connectivity index (χ4v) is 2.50. The highest BCUT2D eigenvalue weighted by Crippen LogP contribution is 2.26. The lowest BCUT2D eigenvalue weighted by Crippen LogP contribution is -2.22. The van der Waals surface area contributed by atoms with Gasteiger partial charge in [0.05, 0.1) is 11.1 Å². The van der Waals surface area contributed by atoms with Crippen LogP contribution in [0.2, 0.25) is 0 Å². The van der Waals surface area contributed by atoms with Crippen molar-refractivity contribution in [2.75, 3.05) is 5.43 Å². The van der Waals surface area contributed by atoms with Gasteiger partial charge in [-0.1, -0.05) is 18.2 Å². The van der Waals surface area contributed by atoms with Crippen LogP contribution in [-0.2, 0) is 0 Å². The van der Waals surface area contributed by atoms with Crippen molar-refractivity contribution in [2.45, 2.75) is 6.92 Å². The molecule has 0 saturated heterocycles. The summed E-state index contributed by atoms with van der Waals surface area (Å²) >= 11 is 0. The van der Waals surface area contributed by atoms with Crippen LogP contribution in [0.4, 0.5) is 0 Å². The van der Waals surface area contributed by atoms with Crippen molar-refractivity contribution in [3.8, 4) is 11.5 Å². The van der Waals surface area contributed by atoms with Gasteiger partial charge in [0, 0.05) is 5.39 Å². The van der Waals surface area contributed by atoms with Crippen molar-refractivity contribution in [3.05, 3.63) is 66.4 Å². The Labute approximate surface area is 136 Å². The molecule has 0 saturated carbocycles. The van der Waals surface area contributed by atoms with Crippen molar-refractivity contribution >= 4 is 16.8 Å². The number of hydrogen-bond acceptors (Lipinski definition) is 5. The normalized spacial score (nSPS) is 10.9. The Morgan fingerprint density at radius 3 is 2.67 bits per heavy atom. The molecule has 0 fully saturated rings. The highest BCUT2D eigenvalue weighted by Gasteiger charge is 2.15. The number of para-hydroxylation sites is 1. The number of rotatable bonds is 3. The number of aromatic nitrogens is 4. The maximum absolute atomic E-state index is 12.7. The van der Waals surface area contributed by atoms with Crippen molar-refractivity contribution in [1.82, 2.24) is 19.9 Å². The van der Waals surface area contributed by atoms with Crippen LogP contribution in [-0.4, -0.2) is 25.8 Å². The number of pyridine rings is 1. The molecule has 1 aromatic carbocycles. The Balaban J connectivity index is 1.84. The maximum atomic E-state index is 12.7. The first kappa shape index (κ1) is 14.1. The van der Waals surface area contributed by atoms with Crippen LogP contribution >= 0.6 is 0 Å². The van der Waals surface area contributed by atoms with Gasteiger partial charge >= 0.3 is 0 Å². The Kier molecular flexibility index (Phi) is 3.31. The summed E-state index contributed by atoms with van der Waals surface area (Å²) in [5, 5.41) is 8.10. The van der Waals surface area contributed by atoms with Gasteiger partial charge in [-0.15, -0.1) is 10.2 Å². The summed E-state index contributed by atoms with van der Waals surface area (Å²) in [6.45, 7) is 1.87. The molecular weight excluding hydrogens is 306 g/mol. The molecule has 118 valence electrons. The van der Waals surface area contributed by atoms with E-state index in [1.54, 1.807) is 6.07 Å². The van der Waals surface area contributed by atoms with Crippen LogP contribution in [0, 0.1) is 6.92 Å².